The molecule has 1 heterocycles. The third kappa shape index (κ3) is 3.32. The SMILES string of the molecule is CCC1(C)CNC2(CCCCC2)CN1C1CCCCCC1. The minimum atomic E-state index is 0.387. The lowest BCUT2D eigenvalue weighted by atomic mass is 9.76. The van der Waals surface area contributed by atoms with E-state index in [1.165, 1.54) is 90.1 Å². The number of hydrogen-bond donors (Lipinski definition) is 1. The Labute approximate surface area is 132 Å². The van der Waals surface area contributed by atoms with Crippen molar-refractivity contribution in [2.75, 3.05) is 13.1 Å². The second-order valence-electron chi connectivity index (χ2n) is 8.32. The number of nitrogens with zero attached hydrogens (tertiary/aromatic N) is 1. The fourth-order valence-corrected chi connectivity index (χ4v) is 5.08. The van der Waals surface area contributed by atoms with E-state index in [1.54, 1.807) is 0 Å². The van der Waals surface area contributed by atoms with Crippen molar-refractivity contribution in [2.45, 2.75) is 108 Å². The van der Waals surface area contributed by atoms with Gasteiger partial charge in [0.15, 0.2) is 0 Å². The highest BCUT2D eigenvalue weighted by atomic mass is 15.3. The lowest BCUT2D eigenvalue weighted by Gasteiger charge is -2.57. The van der Waals surface area contributed by atoms with Crippen LogP contribution >= 0.6 is 0 Å². The lowest BCUT2D eigenvalue weighted by Crippen LogP contribution is -2.71. The number of piperazine rings is 1. The molecule has 1 saturated heterocycles. The molecular formula is C19H36N2. The van der Waals surface area contributed by atoms with Crippen LogP contribution in [0, 0.1) is 0 Å². The minimum absolute atomic E-state index is 0.387. The van der Waals surface area contributed by atoms with Crippen LogP contribution in [0.15, 0.2) is 0 Å². The van der Waals surface area contributed by atoms with Crippen molar-refractivity contribution in [3.8, 4) is 0 Å². The van der Waals surface area contributed by atoms with E-state index in [-0.39, 0.29) is 0 Å². The predicted octanol–water partition coefficient (Wildman–Crippen LogP) is 4.49. The Morgan fingerprint density at radius 2 is 1.57 bits per heavy atom. The fourth-order valence-electron chi connectivity index (χ4n) is 5.08. The molecule has 3 rings (SSSR count). The van der Waals surface area contributed by atoms with Gasteiger partial charge < -0.3 is 5.32 Å². The summed E-state index contributed by atoms with van der Waals surface area (Å²) in [5, 5.41) is 4.02. The Morgan fingerprint density at radius 1 is 0.952 bits per heavy atom. The second kappa shape index (κ2) is 6.58. The Hall–Kier alpha value is -0.0800. The van der Waals surface area contributed by atoms with Gasteiger partial charge in [0, 0.05) is 30.2 Å². The summed E-state index contributed by atoms with van der Waals surface area (Å²) in [5.74, 6) is 0. The van der Waals surface area contributed by atoms with Crippen LogP contribution in [0.1, 0.15) is 90.9 Å². The summed E-state index contributed by atoms with van der Waals surface area (Å²) in [5.41, 5.74) is 0.844. The van der Waals surface area contributed by atoms with Crippen molar-refractivity contribution < 1.29 is 0 Å². The summed E-state index contributed by atoms with van der Waals surface area (Å²) < 4.78 is 0. The number of rotatable bonds is 2. The summed E-state index contributed by atoms with van der Waals surface area (Å²) in [6.45, 7) is 7.44. The molecule has 2 saturated carbocycles. The third-order valence-corrected chi connectivity index (χ3v) is 6.85. The molecule has 1 spiro atoms. The smallest absolute Gasteiger partial charge is 0.0309 e. The molecule has 3 aliphatic rings. The van der Waals surface area contributed by atoms with Crippen molar-refractivity contribution >= 4 is 0 Å². The van der Waals surface area contributed by atoms with Gasteiger partial charge >= 0.3 is 0 Å². The summed E-state index contributed by atoms with van der Waals surface area (Å²) in [7, 11) is 0. The summed E-state index contributed by atoms with van der Waals surface area (Å²) in [4.78, 5) is 2.97. The first-order valence-corrected chi connectivity index (χ1v) is 9.69. The van der Waals surface area contributed by atoms with Crippen LogP contribution in [0.5, 0.6) is 0 Å². The second-order valence-corrected chi connectivity index (χ2v) is 8.32. The standard InChI is InChI=1S/C19H36N2/c1-3-18(2)15-20-19(13-9-6-10-14-19)16-21(18)17-11-7-4-5-8-12-17/h17,20H,3-16H2,1-2H3. The van der Waals surface area contributed by atoms with E-state index in [4.69, 9.17) is 0 Å². The van der Waals surface area contributed by atoms with Gasteiger partial charge in [0.05, 0.1) is 0 Å². The molecule has 2 heteroatoms. The van der Waals surface area contributed by atoms with Crippen molar-refractivity contribution in [3.63, 3.8) is 0 Å². The average Bonchev–Trinajstić information content (AvgIpc) is 2.80. The maximum atomic E-state index is 4.02. The molecule has 2 nitrogen and oxygen atoms in total. The third-order valence-electron chi connectivity index (χ3n) is 6.85. The van der Waals surface area contributed by atoms with Crippen LogP contribution in [0.2, 0.25) is 0 Å². The normalized spacial score (nSPS) is 35.7. The van der Waals surface area contributed by atoms with Crippen molar-refractivity contribution in [1.29, 1.82) is 0 Å². The van der Waals surface area contributed by atoms with E-state index in [9.17, 15) is 0 Å². The van der Waals surface area contributed by atoms with Crippen LogP contribution in [0.4, 0.5) is 0 Å². The maximum absolute atomic E-state index is 4.02. The first kappa shape index (κ1) is 15.8. The minimum Gasteiger partial charge on any atom is -0.308 e. The van der Waals surface area contributed by atoms with Crippen LogP contribution in [0.3, 0.4) is 0 Å². The number of hydrogen-bond acceptors (Lipinski definition) is 2. The van der Waals surface area contributed by atoms with E-state index in [0.717, 1.165) is 6.04 Å². The van der Waals surface area contributed by atoms with E-state index < -0.39 is 0 Å². The molecule has 1 N–H and O–H groups in total. The Bertz CT molecular complexity index is 326. The zero-order valence-corrected chi connectivity index (χ0v) is 14.4. The van der Waals surface area contributed by atoms with E-state index in [2.05, 4.69) is 24.1 Å². The van der Waals surface area contributed by atoms with Gasteiger partial charge in [-0.05, 0) is 39.0 Å². The van der Waals surface area contributed by atoms with Crippen LogP contribution in [0.25, 0.3) is 0 Å². The van der Waals surface area contributed by atoms with Crippen molar-refractivity contribution in [3.05, 3.63) is 0 Å². The van der Waals surface area contributed by atoms with Gasteiger partial charge in [0.25, 0.3) is 0 Å². The van der Waals surface area contributed by atoms with Crippen LogP contribution in [-0.2, 0) is 0 Å². The first-order valence-electron chi connectivity index (χ1n) is 9.69. The summed E-state index contributed by atoms with van der Waals surface area (Å²) in [6, 6.07) is 0.860. The monoisotopic (exact) mass is 292 g/mol. The van der Waals surface area contributed by atoms with Crippen LogP contribution in [-0.4, -0.2) is 35.1 Å². The average molecular weight is 293 g/mol. The first-order chi connectivity index (χ1) is 10.2. The molecule has 21 heavy (non-hydrogen) atoms. The largest absolute Gasteiger partial charge is 0.308 e. The van der Waals surface area contributed by atoms with Crippen molar-refractivity contribution in [1.82, 2.24) is 10.2 Å². The van der Waals surface area contributed by atoms with Crippen molar-refractivity contribution in [2.24, 2.45) is 0 Å². The number of nitrogens with one attached hydrogen (secondary N) is 1. The molecule has 0 radical (unpaired) electrons. The van der Waals surface area contributed by atoms with Gasteiger partial charge in [-0.25, -0.2) is 0 Å². The fraction of sp³-hybridized carbons (Fsp3) is 1.00. The molecule has 3 fully saturated rings. The van der Waals surface area contributed by atoms with E-state index in [0.29, 0.717) is 11.1 Å². The van der Waals surface area contributed by atoms with Gasteiger partial charge in [-0.2, -0.15) is 0 Å². The van der Waals surface area contributed by atoms with Gasteiger partial charge in [-0.3, -0.25) is 4.90 Å². The van der Waals surface area contributed by atoms with Crippen LogP contribution < -0.4 is 5.32 Å². The highest BCUT2D eigenvalue weighted by Crippen LogP contribution is 2.38. The van der Waals surface area contributed by atoms with Gasteiger partial charge in [0.1, 0.15) is 0 Å². The van der Waals surface area contributed by atoms with E-state index >= 15 is 0 Å². The zero-order chi connectivity index (χ0) is 14.8. The van der Waals surface area contributed by atoms with Gasteiger partial charge in [0.2, 0.25) is 0 Å². The molecule has 1 atom stereocenters. The van der Waals surface area contributed by atoms with E-state index in [1.807, 2.05) is 0 Å². The molecular weight excluding hydrogens is 256 g/mol. The molecule has 0 aromatic heterocycles. The van der Waals surface area contributed by atoms with Gasteiger partial charge in [-0.15, -0.1) is 0 Å². The Morgan fingerprint density at radius 3 is 2.19 bits per heavy atom. The summed E-state index contributed by atoms with van der Waals surface area (Å²) in [6.07, 6.45) is 17.2. The predicted molar refractivity (Wildman–Crippen MR) is 90.7 cm³/mol. The topological polar surface area (TPSA) is 15.3 Å². The Balaban J connectivity index is 1.77. The molecule has 0 amide bonds. The molecule has 0 aromatic carbocycles. The molecule has 0 aromatic rings. The molecule has 2 aliphatic carbocycles. The molecule has 1 unspecified atom stereocenters. The molecule has 122 valence electrons. The highest BCUT2D eigenvalue weighted by molar-refractivity contribution is 5.06. The molecule has 0 bridgehead atoms. The maximum Gasteiger partial charge on any atom is 0.0309 e. The quantitative estimate of drug-likeness (QED) is 0.755. The Kier molecular flexibility index (Phi) is 4.95. The summed E-state index contributed by atoms with van der Waals surface area (Å²) >= 11 is 0. The lowest BCUT2D eigenvalue weighted by molar-refractivity contribution is -0.0349. The zero-order valence-electron chi connectivity index (χ0n) is 14.4. The van der Waals surface area contributed by atoms with Gasteiger partial charge in [-0.1, -0.05) is 51.9 Å². The highest BCUT2D eigenvalue weighted by Gasteiger charge is 2.46. The molecule has 1 aliphatic heterocycles.